The summed E-state index contributed by atoms with van der Waals surface area (Å²) >= 11 is 0. The van der Waals surface area contributed by atoms with E-state index < -0.39 is 6.10 Å². The molecule has 0 radical (unpaired) electrons. The van der Waals surface area contributed by atoms with Crippen LogP contribution in [0.4, 0.5) is 0 Å². The number of rotatable bonds is 4. The summed E-state index contributed by atoms with van der Waals surface area (Å²) in [6.45, 7) is 3.46. The highest BCUT2D eigenvalue weighted by Gasteiger charge is 2.41. The van der Waals surface area contributed by atoms with Crippen LogP contribution in [0.1, 0.15) is 64.2 Å². The standard InChI is InChI=1S/C22H37N3O4/c26-19-14-20(21(27)23-17-4-2-1-3-5-17)25(15-19)18-6-10-24(11-7-18)22(28)16-8-12-29-13-9-16/h16-20,26H,1-15H2,(H,23,27)/t19-,20+/m1/s1. The molecule has 7 nitrogen and oxygen atoms in total. The second-order valence-corrected chi connectivity index (χ2v) is 9.39. The van der Waals surface area contributed by atoms with Crippen LogP contribution in [0.3, 0.4) is 0 Å². The van der Waals surface area contributed by atoms with Crippen LogP contribution in [0.15, 0.2) is 0 Å². The van der Waals surface area contributed by atoms with Crippen molar-refractivity contribution in [2.75, 3.05) is 32.8 Å². The van der Waals surface area contributed by atoms with Crippen LogP contribution in [-0.2, 0) is 14.3 Å². The van der Waals surface area contributed by atoms with Gasteiger partial charge in [0.1, 0.15) is 0 Å². The number of carbonyl (C=O) groups is 2. The van der Waals surface area contributed by atoms with Crippen molar-refractivity contribution < 1.29 is 19.4 Å². The zero-order chi connectivity index (χ0) is 20.2. The number of piperidine rings is 1. The fourth-order valence-corrected chi connectivity index (χ4v) is 5.66. The summed E-state index contributed by atoms with van der Waals surface area (Å²) in [5, 5.41) is 13.5. The van der Waals surface area contributed by atoms with E-state index in [9.17, 15) is 14.7 Å². The van der Waals surface area contributed by atoms with Gasteiger partial charge in [-0.15, -0.1) is 0 Å². The van der Waals surface area contributed by atoms with E-state index in [0.717, 1.165) is 51.6 Å². The van der Waals surface area contributed by atoms with E-state index in [-0.39, 0.29) is 29.8 Å². The molecular formula is C22H37N3O4. The smallest absolute Gasteiger partial charge is 0.237 e. The van der Waals surface area contributed by atoms with E-state index in [1.165, 1.54) is 19.3 Å². The normalized spacial score (nSPS) is 31.1. The second kappa shape index (κ2) is 9.75. The number of likely N-dealkylation sites (tertiary alicyclic amines) is 2. The largest absolute Gasteiger partial charge is 0.392 e. The number of amides is 2. The number of hydrogen-bond acceptors (Lipinski definition) is 5. The molecule has 1 saturated carbocycles. The van der Waals surface area contributed by atoms with Crippen molar-refractivity contribution in [2.24, 2.45) is 5.92 Å². The topological polar surface area (TPSA) is 82.1 Å². The van der Waals surface area contributed by atoms with Gasteiger partial charge in [0.05, 0.1) is 12.1 Å². The molecule has 0 aromatic rings. The van der Waals surface area contributed by atoms with Crippen LogP contribution >= 0.6 is 0 Å². The molecule has 0 unspecified atom stereocenters. The van der Waals surface area contributed by atoms with Gasteiger partial charge in [0, 0.05) is 50.8 Å². The first kappa shape index (κ1) is 21.1. The third-order valence-corrected chi connectivity index (χ3v) is 7.39. The van der Waals surface area contributed by atoms with Crippen LogP contribution in [0.2, 0.25) is 0 Å². The number of aliphatic hydroxyl groups is 1. The second-order valence-electron chi connectivity index (χ2n) is 9.39. The van der Waals surface area contributed by atoms with E-state index in [0.29, 0.717) is 32.2 Å². The van der Waals surface area contributed by atoms with Crippen molar-refractivity contribution >= 4 is 11.8 Å². The van der Waals surface area contributed by atoms with Crippen LogP contribution in [0.25, 0.3) is 0 Å². The molecule has 0 aromatic carbocycles. The van der Waals surface area contributed by atoms with Gasteiger partial charge in [-0.3, -0.25) is 14.5 Å². The van der Waals surface area contributed by atoms with Crippen molar-refractivity contribution in [3.05, 3.63) is 0 Å². The molecular weight excluding hydrogens is 370 g/mol. The predicted molar refractivity (Wildman–Crippen MR) is 109 cm³/mol. The summed E-state index contributed by atoms with van der Waals surface area (Å²) in [6, 6.07) is 0.345. The van der Waals surface area contributed by atoms with Crippen molar-refractivity contribution in [1.82, 2.24) is 15.1 Å². The molecule has 0 spiro atoms. The number of nitrogens with one attached hydrogen (secondary N) is 1. The zero-order valence-corrected chi connectivity index (χ0v) is 17.6. The molecule has 2 N–H and O–H groups in total. The lowest BCUT2D eigenvalue weighted by Gasteiger charge is -2.40. The van der Waals surface area contributed by atoms with Gasteiger partial charge in [-0.25, -0.2) is 0 Å². The molecule has 29 heavy (non-hydrogen) atoms. The molecule has 2 atom stereocenters. The molecule has 3 aliphatic heterocycles. The minimum Gasteiger partial charge on any atom is -0.392 e. The lowest BCUT2D eigenvalue weighted by molar-refractivity contribution is -0.140. The number of carbonyl (C=O) groups excluding carboxylic acids is 2. The molecule has 4 aliphatic rings. The predicted octanol–water partition coefficient (Wildman–Crippen LogP) is 1.29. The van der Waals surface area contributed by atoms with E-state index in [1.807, 2.05) is 4.90 Å². The summed E-state index contributed by atoms with van der Waals surface area (Å²) in [4.78, 5) is 30.0. The van der Waals surface area contributed by atoms with Gasteiger partial charge >= 0.3 is 0 Å². The average Bonchev–Trinajstić information content (AvgIpc) is 3.16. The Morgan fingerprint density at radius 1 is 0.931 bits per heavy atom. The maximum absolute atomic E-state index is 13.0. The Hall–Kier alpha value is -1.18. The number of nitrogens with zero attached hydrogens (tertiary/aromatic N) is 2. The van der Waals surface area contributed by atoms with Crippen molar-refractivity contribution in [1.29, 1.82) is 0 Å². The van der Waals surface area contributed by atoms with E-state index in [4.69, 9.17) is 4.74 Å². The highest BCUT2D eigenvalue weighted by molar-refractivity contribution is 5.82. The average molecular weight is 408 g/mol. The van der Waals surface area contributed by atoms with E-state index >= 15 is 0 Å². The Morgan fingerprint density at radius 3 is 2.31 bits per heavy atom. The van der Waals surface area contributed by atoms with E-state index in [2.05, 4.69) is 10.2 Å². The molecule has 0 aromatic heterocycles. The summed E-state index contributed by atoms with van der Waals surface area (Å²) < 4.78 is 5.38. The number of β-amino-alcohol motifs (C(OH)–C–C–N with tert-alkyl or cyclic N) is 1. The molecule has 3 heterocycles. The Kier molecular flexibility index (Phi) is 7.08. The lowest BCUT2D eigenvalue weighted by Crippen LogP contribution is -2.54. The number of hydrogen-bond donors (Lipinski definition) is 2. The first-order valence-electron chi connectivity index (χ1n) is 11.7. The number of aliphatic hydroxyl groups excluding tert-OH is 1. The van der Waals surface area contributed by atoms with Crippen molar-refractivity contribution in [3.63, 3.8) is 0 Å². The van der Waals surface area contributed by atoms with Gasteiger partial charge in [0.2, 0.25) is 11.8 Å². The third-order valence-electron chi connectivity index (χ3n) is 7.39. The summed E-state index contributed by atoms with van der Waals surface area (Å²) in [5.41, 5.74) is 0. The van der Waals surface area contributed by atoms with Crippen LogP contribution in [0.5, 0.6) is 0 Å². The van der Waals surface area contributed by atoms with E-state index in [1.54, 1.807) is 0 Å². The molecule has 164 valence electrons. The first-order chi connectivity index (χ1) is 14.1. The Morgan fingerprint density at radius 2 is 1.62 bits per heavy atom. The van der Waals surface area contributed by atoms with Crippen LogP contribution in [-0.4, -0.2) is 83.8 Å². The highest BCUT2D eigenvalue weighted by atomic mass is 16.5. The SMILES string of the molecule is O=C(NC1CCCCC1)[C@@H]1C[C@@H](O)CN1C1CCN(C(=O)C2CCOCC2)CC1. The van der Waals surface area contributed by atoms with Crippen LogP contribution < -0.4 is 5.32 Å². The molecule has 7 heteroatoms. The Balaban J connectivity index is 1.30. The first-order valence-corrected chi connectivity index (χ1v) is 11.7. The van der Waals surface area contributed by atoms with Gasteiger partial charge in [0.25, 0.3) is 0 Å². The summed E-state index contributed by atoms with van der Waals surface area (Å²) in [7, 11) is 0. The Bertz CT molecular complexity index is 566. The molecule has 1 aliphatic carbocycles. The fourth-order valence-electron chi connectivity index (χ4n) is 5.66. The minimum atomic E-state index is -0.431. The maximum Gasteiger partial charge on any atom is 0.237 e. The molecule has 4 fully saturated rings. The molecule has 2 amide bonds. The zero-order valence-electron chi connectivity index (χ0n) is 17.6. The van der Waals surface area contributed by atoms with Crippen molar-refractivity contribution in [2.45, 2.75) is 88.4 Å². The lowest BCUT2D eigenvalue weighted by atomic mass is 9.94. The number of ether oxygens (including phenoxy) is 1. The van der Waals surface area contributed by atoms with Crippen LogP contribution in [0, 0.1) is 5.92 Å². The summed E-state index contributed by atoms with van der Waals surface area (Å²) in [6.07, 6.45) is 9.35. The Labute approximate surface area is 174 Å². The molecule has 4 rings (SSSR count). The van der Waals surface area contributed by atoms with Gasteiger partial charge in [-0.1, -0.05) is 19.3 Å². The quantitative estimate of drug-likeness (QED) is 0.734. The van der Waals surface area contributed by atoms with Gasteiger partial charge in [-0.05, 0) is 44.9 Å². The van der Waals surface area contributed by atoms with Gasteiger partial charge < -0.3 is 20.1 Å². The fraction of sp³-hybridized carbons (Fsp3) is 0.909. The highest BCUT2D eigenvalue weighted by Crippen LogP contribution is 2.28. The molecule has 0 bridgehead atoms. The maximum atomic E-state index is 13.0. The van der Waals surface area contributed by atoms with Crippen molar-refractivity contribution in [3.8, 4) is 0 Å². The summed E-state index contributed by atoms with van der Waals surface area (Å²) in [5.74, 6) is 0.483. The monoisotopic (exact) mass is 407 g/mol. The molecule has 3 saturated heterocycles. The van der Waals surface area contributed by atoms with Gasteiger partial charge in [-0.2, -0.15) is 0 Å². The minimum absolute atomic E-state index is 0.0918. The van der Waals surface area contributed by atoms with Gasteiger partial charge in [0.15, 0.2) is 0 Å². The third kappa shape index (κ3) is 5.12.